The summed E-state index contributed by atoms with van der Waals surface area (Å²) in [7, 11) is -1.39. The van der Waals surface area contributed by atoms with Gasteiger partial charge in [0.1, 0.15) is 5.75 Å². The molecule has 2 N–H and O–H groups in total. The fraction of sp³-hybridized carbons (Fsp3) is 0.500. The van der Waals surface area contributed by atoms with Gasteiger partial charge in [-0.15, -0.1) is 0 Å². The Hall–Kier alpha value is -1.82. The Bertz CT molecular complexity index is 564. The summed E-state index contributed by atoms with van der Waals surface area (Å²) in [4.78, 5) is 23.2. The number of rotatable bonds is 5. The average molecular weight is 323 g/mol. The molecular formula is C16H25NO4Si. The van der Waals surface area contributed by atoms with E-state index in [4.69, 9.17) is 9.53 Å². The summed E-state index contributed by atoms with van der Waals surface area (Å²) in [5, 5.41) is 10.9. The zero-order valence-electron chi connectivity index (χ0n) is 14.1. The molecule has 1 rings (SSSR count). The Labute approximate surface area is 133 Å². The monoisotopic (exact) mass is 323 g/mol. The van der Waals surface area contributed by atoms with Crippen molar-refractivity contribution in [3.05, 3.63) is 29.3 Å². The van der Waals surface area contributed by atoms with Crippen molar-refractivity contribution in [3.8, 4) is 5.75 Å². The first-order valence-corrected chi connectivity index (χ1v) is 10.1. The van der Waals surface area contributed by atoms with Gasteiger partial charge in [-0.1, -0.05) is 26.8 Å². The number of carbonyl (C=O) groups is 2. The maximum Gasteiger partial charge on any atom is 0.405 e. The van der Waals surface area contributed by atoms with Crippen molar-refractivity contribution in [2.24, 2.45) is 0 Å². The Morgan fingerprint density at radius 3 is 2.32 bits per heavy atom. The lowest BCUT2D eigenvalue weighted by molar-refractivity contribution is 0.0943. The van der Waals surface area contributed by atoms with Gasteiger partial charge in [-0.3, -0.25) is 4.79 Å². The fourth-order valence-corrected chi connectivity index (χ4v) is 2.73. The predicted molar refractivity (Wildman–Crippen MR) is 89.6 cm³/mol. The first-order valence-electron chi connectivity index (χ1n) is 7.37. The normalized spacial score (nSPS) is 12.9. The number of carboxylic acid groups (broad SMARTS) is 1. The van der Waals surface area contributed by atoms with E-state index in [1.54, 1.807) is 6.07 Å². The van der Waals surface area contributed by atoms with Crippen molar-refractivity contribution >= 4 is 20.9 Å². The topological polar surface area (TPSA) is 75.6 Å². The lowest BCUT2D eigenvalue weighted by Gasteiger charge is -2.23. The molecule has 0 aliphatic heterocycles. The summed E-state index contributed by atoms with van der Waals surface area (Å²) in [6, 6.07) is 4.72. The van der Waals surface area contributed by atoms with E-state index >= 15 is 0 Å². The molecule has 0 radical (unpaired) electrons. The van der Waals surface area contributed by atoms with Gasteiger partial charge >= 0.3 is 6.09 Å². The summed E-state index contributed by atoms with van der Waals surface area (Å²) >= 11 is 0. The first-order chi connectivity index (χ1) is 10.0. The van der Waals surface area contributed by atoms with E-state index in [-0.39, 0.29) is 11.2 Å². The van der Waals surface area contributed by atoms with E-state index in [0.717, 1.165) is 5.56 Å². The van der Waals surface area contributed by atoms with Gasteiger partial charge in [0, 0.05) is 0 Å². The van der Waals surface area contributed by atoms with Crippen LogP contribution in [0.4, 0.5) is 4.79 Å². The number of hydrogen-bond donors (Lipinski definition) is 2. The highest BCUT2D eigenvalue weighted by Gasteiger charge is 2.23. The van der Waals surface area contributed by atoms with Crippen molar-refractivity contribution in [2.45, 2.75) is 52.2 Å². The van der Waals surface area contributed by atoms with Crippen LogP contribution in [0.3, 0.4) is 0 Å². The highest BCUT2D eigenvalue weighted by molar-refractivity contribution is 6.49. The summed E-state index contributed by atoms with van der Waals surface area (Å²) < 4.78 is 5.90. The molecule has 0 heterocycles. The molecule has 1 atom stereocenters. The largest absolute Gasteiger partial charge is 0.546 e. The van der Waals surface area contributed by atoms with Gasteiger partial charge in [0.25, 0.3) is 0 Å². The summed E-state index contributed by atoms with van der Waals surface area (Å²) in [5.74, 6) is 0.269. The highest BCUT2D eigenvalue weighted by atomic mass is 28.3. The van der Waals surface area contributed by atoms with Crippen molar-refractivity contribution in [1.29, 1.82) is 0 Å². The van der Waals surface area contributed by atoms with E-state index in [1.807, 2.05) is 25.2 Å². The third kappa shape index (κ3) is 4.87. The van der Waals surface area contributed by atoms with Crippen LogP contribution < -0.4 is 9.74 Å². The van der Waals surface area contributed by atoms with Crippen LogP contribution in [-0.4, -0.2) is 32.1 Å². The van der Waals surface area contributed by atoms with Crippen LogP contribution in [0.15, 0.2) is 18.2 Å². The Balaban J connectivity index is 3.22. The number of ketones is 1. The zero-order chi connectivity index (χ0) is 17.1. The molecule has 5 nitrogen and oxygen atoms in total. The molecule has 0 saturated carbocycles. The van der Waals surface area contributed by atoms with Crippen molar-refractivity contribution in [2.75, 3.05) is 0 Å². The molecule has 0 saturated heterocycles. The number of benzene rings is 1. The predicted octanol–water partition coefficient (Wildman–Crippen LogP) is 3.19. The fourth-order valence-electron chi connectivity index (χ4n) is 2.03. The highest BCUT2D eigenvalue weighted by Crippen LogP contribution is 2.29. The van der Waals surface area contributed by atoms with Crippen LogP contribution in [0.5, 0.6) is 5.75 Å². The molecule has 6 heteroatoms. The quantitative estimate of drug-likeness (QED) is 0.644. The van der Waals surface area contributed by atoms with Gasteiger partial charge in [-0.05, 0) is 43.1 Å². The summed E-state index contributed by atoms with van der Waals surface area (Å²) in [5.41, 5.74) is 1.45. The molecule has 0 spiro atoms. The second-order valence-corrected chi connectivity index (χ2v) is 9.00. The Morgan fingerprint density at radius 1 is 1.27 bits per heavy atom. The SMILES string of the molecule is C[C@H](NC(=O)O)C(=O)c1ccc(C(C)(C)C)cc1O[SiH](C)C. The summed E-state index contributed by atoms with van der Waals surface area (Å²) in [6.07, 6.45) is -1.21. The number of carbonyl (C=O) groups excluding carboxylic acids is 1. The second-order valence-electron chi connectivity index (χ2n) is 6.66. The number of nitrogens with one attached hydrogen (secondary N) is 1. The number of hydrogen-bond acceptors (Lipinski definition) is 3. The molecular weight excluding hydrogens is 298 g/mol. The van der Waals surface area contributed by atoms with Crippen molar-refractivity contribution in [3.63, 3.8) is 0 Å². The first kappa shape index (κ1) is 18.2. The molecule has 1 amide bonds. The Kier molecular flexibility index (Phi) is 5.76. The molecule has 0 fully saturated rings. The average Bonchev–Trinajstić information content (AvgIpc) is 2.35. The van der Waals surface area contributed by atoms with E-state index in [2.05, 4.69) is 26.1 Å². The molecule has 22 heavy (non-hydrogen) atoms. The third-order valence-corrected chi connectivity index (χ3v) is 3.93. The standard InChI is InChI=1S/C16H25NO4Si/c1-10(17-15(19)20)14(18)12-8-7-11(16(2,3)4)9-13(12)21-22(5)6/h7-10,17,22H,1-6H3,(H,19,20)/t10-/m0/s1. The third-order valence-electron chi connectivity index (χ3n) is 3.21. The molecule has 0 aliphatic rings. The van der Waals surface area contributed by atoms with Gasteiger partial charge in [-0.2, -0.15) is 0 Å². The van der Waals surface area contributed by atoms with Gasteiger partial charge in [0.05, 0.1) is 11.6 Å². The lowest BCUT2D eigenvalue weighted by Crippen LogP contribution is -2.37. The molecule has 122 valence electrons. The van der Waals surface area contributed by atoms with Crippen LogP contribution in [0.25, 0.3) is 0 Å². The lowest BCUT2D eigenvalue weighted by atomic mass is 9.86. The maximum absolute atomic E-state index is 12.5. The number of amides is 1. The van der Waals surface area contributed by atoms with Crippen molar-refractivity contribution in [1.82, 2.24) is 5.32 Å². The van der Waals surface area contributed by atoms with E-state index in [9.17, 15) is 9.59 Å². The van der Waals surface area contributed by atoms with Gasteiger partial charge < -0.3 is 14.8 Å². The second kappa shape index (κ2) is 6.96. The molecule has 1 aromatic rings. The van der Waals surface area contributed by atoms with Gasteiger partial charge in [0.15, 0.2) is 5.78 Å². The van der Waals surface area contributed by atoms with E-state index in [1.165, 1.54) is 6.92 Å². The molecule has 0 aromatic heterocycles. The van der Waals surface area contributed by atoms with Crippen LogP contribution in [0.1, 0.15) is 43.6 Å². The zero-order valence-corrected chi connectivity index (χ0v) is 15.2. The van der Waals surface area contributed by atoms with Gasteiger partial charge in [-0.25, -0.2) is 4.79 Å². The molecule has 0 aliphatic carbocycles. The van der Waals surface area contributed by atoms with Crippen LogP contribution in [-0.2, 0) is 5.41 Å². The van der Waals surface area contributed by atoms with Crippen LogP contribution >= 0.6 is 0 Å². The maximum atomic E-state index is 12.5. The van der Waals surface area contributed by atoms with Crippen LogP contribution in [0.2, 0.25) is 13.1 Å². The van der Waals surface area contributed by atoms with E-state index in [0.29, 0.717) is 11.3 Å². The minimum atomic E-state index is -1.39. The molecule has 0 unspecified atom stereocenters. The van der Waals surface area contributed by atoms with Crippen LogP contribution in [0, 0.1) is 0 Å². The molecule has 1 aromatic carbocycles. The minimum Gasteiger partial charge on any atom is -0.546 e. The number of Topliss-reactive ketones (excluding diaryl/α,β-unsaturated/α-hetero) is 1. The Morgan fingerprint density at radius 2 is 1.86 bits per heavy atom. The van der Waals surface area contributed by atoms with Gasteiger partial charge in [0.2, 0.25) is 9.04 Å². The van der Waals surface area contributed by atoms with Crippen molar-refractivity contribution < 1.29 is 19.1 Å². The van der Waals surface area contributed by atoms with E-state index < -0.39 is 21.2 Å². The minimum absolute atomic E-state index is 0.0524. The molecule has 0 bridgehead atoms. The summed E-state index contributed by atoms with van der Waals surface area (Å²) in [6.45, 7) is 11.9. The smallest absolute Gasteiger partial charge is 0.405 e.